The Morgan fingerprint density at radius 1 is 0.444 bits per heavy atom. The molecule has 0 unspecified atom stereocenters. The molecule has 2 heterocycles. The van der Waals surface area contributed by atoms with Crippen LogP contribution in [0.1, 0.15) is 44.4 Å². The summed E-state index contributed by atoms with van der Waals surface area (Å²) in [4.78, 5) is 4.97. The van der Waals surface area contributed by atoms with Crippen LogP contribution >= 0.6 is 0 Å². The van der Waals surface area contributed by atoms with Crippen molar-refractivity contribution in [1.82, 2.24) is 0 Å². The summed E-state index contributed by atoms with van der Waals surface area (Å²) in [7, 11) is 0. The van der Waals surface area contributed by atoms with Gasteiger partial charge in [0.1, 0.15) is 0 Å². The first kappa shape index (κ1) is 32.3. The predicted molar refractivity (Wildman–Crippen MR) is 231 cm³/mol. The van der Waals surface area contributed by atoms with Crippen LogP contribution in [0.4, 0.5) is 28.4 Å². The normalized spacial score (nSPS) is 16.7. The topological polar surface area (TPSA) is 6.48 Å². The quantitative estimate of drug-likeness (QED) is 0.178. The van der Waals surface area contributed by atoms with Crippen molar-refractivity contribution in [2.45, 2.75) is 38.5 Å². The molecular weight excluding hydrogens is 653 g/mol. The molecule has 0 aliphatic carbocycles. The van der Waals surface area contributed by atoms with E-state index in [9.17, 15) is 0 Å². The van der Waals surface area contributed by atoms with E-state index in [0.717, 1.165) is 33.1 Å². The Morgan fingerprint density at radius 2 is 0.944 bits per heavy atom. The van der Waals surface area contributed by atoms with E-state index >= 15 is 0 Å². The van der Waals surface area contributed by atoms with Crippen LogP contribution in [0.3, 0.4) is 0 Å². The monoisotopic (exact) mass is 694 g/mol. The van der Waals surface area contributed by atoms with Gasteiger partial charge in [-0.1, -0.05) is 168 Å². The second-order valence-electron chi connectivity index (χ2n) is 16.0. The van der Waals surface area contributed by atoms with Gasteiger partial charge in [0.25, 0.3) is 0 Å². The standard InChI is InChI=1S/C52H42N2/c1-33-16-7-11-22-40(33)49-34(2)51(3,4)47-41-23-12-8-17-35(41)27-30-45(47)53(49)38-20-15-21-39(32-38)54-46-31-28-36-18-9-13-24-42(36)48(46)52(5,6)44-29-26-37-19-10-14-25-43(37)50(44)54/h7-32H,1-2H2,3-6H3/b49-40+. The Labute approximate surface area is 317 Å². The van der Waals surface area contributed by atoms with Crippen LogP contribution in [-0.2, 0) is 10.8 Å². The van der Waals surface area contributed by atoms with Gasteiger partial charge >= 0.3 is 0 Å². The highest BCUT2D eigenvalue weighted by Crippen LogP contribution is 2.57. The lowest BCUT2D eigenvalue weighted by atomic mass is 9.70. The van der Waals surface area contributed by atoms with Crippen molar-refractivity contribution in [3.63, 3.8) is 0 Å². The minimum absolute atomic E-state index is 0.237. The van der Waals surface area contributed by atoms with E-state index in [1.54, 1.807) is 0 Å². The van der Waals surface area contributed by atoms with Crippen molar-refractivity contribution in [2.24, 2.45) is 0 Å². The predicted octanol–water partition coefficient (Wildman–Crippen LogP) is 12.5. The number of hydrogen-bond acceptors (Lipinski definition) is 2. The fourth-order valence-electron chi connectivity index (χ4n) is 9.51. The Bertz CT molecular complexity index is 3000. The lowest BCUT2D eigenvalue weighted by molar-refractivity contribution is 0.638. The minimum atomic E-state index is -0.335. The molecule has 8 aromatic carbocycles. The smallest absolute Gasteiger partial charge is 0.0581 e. The number of anilines is 5. The van der Waals surface area contributed by atoms with Gasteiger partial charge in [-0.2, -0.15) is 0 Å². The second-order valence-corrected chi connectivity index (χ2v) is 16.0. The van der Waals surface area contributed by atoms with Gasteiger partial charge in [-0.3, -0.25) is 0 Å². The highest BCUT2D eigenvalue weighted by molar-refractivity contribution is 6.07. The van der Waals surface area contributed by atoms with Gasteiger partial charge in [-0.25, -0.2) is 0 Å². The molecule has 0 saturated carbocycles. The zero-order valence-corrected chi connectivity index (χ0v) is 31.3. The average Bonchev–Trinajstić information content (AvgIpc) is 3.19. The third kappa shape index (κ3) is 4.47. The first-order valence-corrected chi connectivity index (χ1v) is 18.9. The lowest BCUT2D eigenvalue weighted by Gasteiger charge is -2.45. The SMILES string of the molecule is C=C1/C(=c2/ccccc2=C)N(c2cccc(N3c4ccc5ccccc5c4C(C)(C)c4ccc5ccccc5c43)c2)c2ccc3ccccc3c2C1(C)C. The Hall–Kier alpha value is -6.38. The van der Waals surface area contributed by atoms with Crippen molar-refractivity contribution in [1.29, 1.82) is 0 Å². The maximum absolute atomic E-state index is 4.88. The molecule has 0 bridgehead atoms. The number of benzene rings is 8. The Kier molecular flexibility index (Phi) is 6.91. The second kappa shape index (κ2) is 11.6. The highest BCUT2D eigenvalue weighted by Gasteiger charge is 2.42. The number of nitrogens with zero attached hydrogens (tertiary/aromatic N) is 2. The molecule has 0 fully saturated rings. The lowest BCUT2D eigenvalue weighted by Crippen LogP contribution is -2.41. The van der Waals surface area contributed by atoms with Crippen LogP contribution in [0.5, 0.6) is 0 Å². The van der Waals surface area contributed by atoms with Crippen molar-refractivity contribution in [3.05, 3.63) is 197 Å². The summed E-state index contributed by atoms with van der Waals surface area (Å²) >= 11 is 0. The molecule has 0 aromatic heterocycles. The summed E-state index contributed by atoms with van der Waals surface area (Å²) in [6, 6.07) is 57.8. The Balaban J connectivity index is 1.30. The largest absolute Gasteiger partial charge is 0.309 e. The maximum Gasteiger partial charge on any atom is 0.0581 e. The fourth-order valence-corrected chi connectivity index (χ4v) is 9.51. The van der Waals surface area contributed by atoms with Crippen LogP contribution < -0.4 is 20.2 Å². The molecule has 2 aliphatic heterocycles. The third-order valence-electron chi connectivity index (χ3n) is 12.2. The molecule has 2 aliphatic rings. The van der Waals surface area contributed by atoms with Crippen LogP contribution in [0.2, 0.25) is 0 Å². The molecule has 0 N–H and O–H groups in total. The van der Waals surface area contributed by atoms with Crippen LogP contribution in [0.15, 0.2) is 170 Å². The van der Waals surface area contributed by atoms with Crippen molar-refractivity contribution >= 4 is 73.0 Å². The molecule has 0 saturated heterocycles. The van der Waals surface area contributed by atoms with E-state index in [0.29, 0.717) is 0 Å². The average molecular weight is 695 g/mol. The van der Waals surface area contributed by atoms with E-state index in [4.69, 9.17) is 6.58 Å². The fraction of sp³-hybridized carbons (Fsp3) is 0.115. The molecule has 260 valence electrons. The Morgan fingerprint density at radius 3 is 1.59 bits per heavy atom. The molecule has 54 heavy (non-hydrogen) atoms. The summed E-state index contributed by atoms with van der Waals surface area (Å²) in [6.45, 7) is 18.8. The van der Waals surface area contributed by atoms with Gasteiger partial charge in [0.2, 0.25) is 0 Å². The highest BCUT2D eigenvalue weighted by atomic mass is 15.2. The zero-order valence-electron chi connectivity index (χ0n) is 31.3. The van der Waals surface area contributed by atoms with E-state index in [2.05, 4.69) is 202 Å². The number of rotatable bonds is 2. The number of hydrogen-bond donors (Lipinski definition) is 0. The van der Waals surface area contributed by atoms with Crippen molar-refractivity contribution < 1.29 is 0 Å². The summed E-state index contributed by atoms with van der Waals surface area (Å²) in [5, 5.41) is 9.58. The maximum atomic E-state index is 4.88. The summed E-state index contributed by atoms with van der Waals surface area (Å²) < 4.78 is 0. The minimum Gasteiger partial charge on any atom is -0.309 e. The first-order valence-electron chi connectivity index (χ1n) is 18.9. The molecule has 2 heteroatoms. The number of fused-ring (bicyclic) bond motifs is 9. The third-order valence-corrected chi connectivity index (χ3v) is 12.2. The van der Waals surface area contributed by atoms with Crippen LogP contribution in [0, 0.1) is 0 Å². The van der Waals surface area contributed by atoms with Gasteiger partial charge in [0, 0.05) is 32.8 Å². The molecule has 0 spiro atoms. The van der Waals surface area contributed by atoms with E-state index in [-0.39, 0.29) is 10.8 Å². The molecule has 10 rings (SSSR count). The van der Waals surface area contributed by atoms with Crippen molar-refractivity contribution in [3.8, 4) is 0 Å². The van der Waals surface area contributed by atoms with Gasteiger partial charge in [0.15, 0.2) is 0 Å². The molecule has 0 atom stereocenters. The van der Waals surface area contributed by atoms with Crippen LogP contribution in [-0.4, -0.2) is 0 Å². The zero-order chi connectivity index (χ0) is 36.9. The summed E-state index contributed by atoms with van der Waals surface area (Å²) in [5.41, 5.74) is 11.3. The molecule has 0 amide bonds. The summed E-state index contributed by atoms with van der Waals surface area (Å²) in [5.74, 6) is 0. The van der Waals surface area contributed by atoms with Gasteiger partial charge < -0.3 is 9.80 Å². The molecule has 8 aromatic rings. The van der Waals surface area contributed by atoms with E-state index in [1.807, 2.05) is 0 Å². The first-order chi connectivity index (χ1) is 26.2. The van der Waals surface area contributed by atoms with E-state index < -0.39 is 0 Å². The molecule has 0 radical (unpaired) electrons. The van der Waals surface area contributed by atoms with Crippen molar-refractivity contribution in [2.75, 3.05) is 9.80 Å². The molecular formula is C52H42N2. The summed E-state index contributed by atoms with van der Waals surface area (Å²) in [6.07, 6.45) is 0. The molecule has 2 nitrogen and oxygen atoms in total. The van der Waals surface area contributed by atoms with E-state index in [1.165, 1.54) is 66.1 Å². The van der Waals surface area contributed by atoms with Gasteiger partial charge in [-0.05, 0) is 84.7 Å². The van der Waals surface area contributed by atoms with Gasteiger partial charge in [0.05, 0.1) is 22.8 Å². The van der Waals surface area contributed by atoms with Crippen LogP contribution in [0.25, 0.3) is 44.6 Å². The van der Waals surface area contributed by atoms with Gasteiger partial charge in [-0.15, -0.1) is 0 Å².